The molecule has 3 aliphatic rings. The fourth-order valence-electron chi connectivity index (χ4n) is 3.62. The van der Waals surface area contributed by atoms with Crippen molar-refractivity contribution >= 4 is 11.9 Å². The standard InChI is InChI=1S/C15H21NO3/c1-15(2,3)19-14(18)16-11-7-8-12(16)10-6-4-5-9(11)13(10)17/h7-12H,4-6H2,1-3H3. The Balaban J connectivity index is 1.86. The van der Waals surface area contributed by atoms with Crippen LogP contribution >= 0.6 is 0 Å². The summed E-state index contributed by atoms with van der Waals surface area (Å²) in [5, 5.41) is 0. The Hall–Kier alpha value is -1.32. The van der Waals surface area contributed by atoms with E-state index in [1.807, 2.05) is 32.9 Å². The lowest BCUT2D eigenvalue weighted by atomic mass is 9.71. The largest absolute Gasteiger partial charge is 0.444 e. The van der Waals surface area contributed by atoms with Gasteiger partial charge in [0.15, 0.2) is 0 Å². The Bertz CT molecular complexity index is 425. The Kier molecular flexibility index (Phi) is 2.73. The summed E-state index contributed by atoms with van der Waals surface area (Å²) in [5.41, 5.74) is -0.493. The van der Waals surface area contributed by atoms with Gasteiger partial charge in [-0.2, -0.15) is 0 Å². The van der Waals surface area contributed by atoms with Gasteiger partial charge in [0.05, 0.1) is 12.1 Å². The molecule has 0 aromatic rings. The lowest BCUT2D eigenvalue weighted by Crippen LogP contribution is -2.59. The first-order chi connectivity index (χ1) is 8.88. The van der Waals surface area contributed by atoms with Crippen LogP contribution in [0.2, 0.25) is 0 Å². The number of hydrogen-bond acceptors (Lipinski definition) is 3. The molecule has 1 aliphatic carbocycles. The average Bonchev–Trinajstić information content (AvgIpc) is 2.67. The SMILES string of the molecule is CC(C)(C)OC(=O)N1C2C=CC1C1CCCC2C1=O. The Morgan fingerprint density at radius 1 is 1.21 bits per heavy atom. The minimum absolute atomic E-state index is 0.0127. The van der Waals surface area contributed by atoms with Crippen LogP contribution in [0.3, 0.4) is 0 Å². The van der Waals surface area contributed by atoms with Crippen molar-refractivity contribution in [2.75, 3.05) is 0 Å². The quantitative estimate of drug-likeness (QED) is 0.631. The third-order valence-corrected chi connectivity index (χ3v) is 4.34. The van der Waals surface area contributed by atoms with Crippen molar-refractivity contribution in [3.05, 3.63) is 12.2 Å². The van der Waals surface area contributed by atoms with Gasteiger partial charge >= 0.3 is 6.09 Å². The van der Waals surface area contributed by atoms with E-state index in [2.05, 4.69) is 0 Å². The maximum Gasteiger partial charge on any atom is 0.411 e. The van der Waals surface area contributed by atoms with E-state index in [0.717, 1.165) is 19.3 Å². The predicted octanol–water partition coefficient (Wildman–Crippen LogP) is 2.53. The maximum atomic E-state index is 12.4. The molecule has 4 unspecified atom stereocenters. The summed E-state index contributed by atoms with van der Waals surface area (Å²) in [7, 11) is 0. The number of ether oxygens (including phenoxy) is 1. The molecule has 1 amide bonds. The molecule has 104 valence electrons. The van der Waals surface area contributed by atoms with Crippen molar-refractivity contribution in [1.29, 1.82) is 0 Å². The molecule has 4 bridgehead atoms. The topological polar surface area (TPSA) is 46.6 Å². The Morgan fingerprint density at radius 3 is 2.21 bits per heavy atom. The molecule has 4 heteroatoms. The zero-order valence-corrected chi connectivity index (χ0v) is 11.8. The van der Waals surface area contributed by atoms with Crippen LogP contribution in [0.1, 0.15) is 40.0 Å². The number of piperidine rings is 1. The molecule has 1 saturated carbocycles. The number of carbonyl (C=O) groups is 2. The molecule has 19 heavy (non-hydrogen) atoms. The first-order valence-corrected chi connectivity index (χ1v) is 7.12. The number of hydrogen-bond donors (Lipinski definition) is 0. The number of rotatable bonds is 0. The summed E-state index contributed by atoms with van der Waals surface area (Å²) in [6.07, 6.45) is 6.67. The van der Waals surface area contributed by atoms with E-state index < -0.39 is 5.60 Å². The van der Waals surface area contributed by atoms with E-state index in [1.165, 1.54) is 0 Å². The molecule has 0 aromatic heterocycles. The summed E-state index contributed by atoms with van der Waals surface area (Å²) < 4.78 is 5.49. The van der Waals surface area contributed by atoms with Gasteiger partial charge in [-0.3, -0.25) is 9.69 Å². The second-order valence-corrected chi connectivity index (χ2v) is 6.80. The minimum atomic E-state index is -0.493. The van der Waals surface area contributed by atoms with Crippen molar-refractivity contribution in [2.45, 2.75) is 57.7 Å². The molecule has 0 radical (unpaired) electrons. The van der Waals surface area contributed by atoms with Crippen LogP contribution in [0.25, 0.3) is 0 Å². The molecule has 2 aliphatic heterocycles. The zero-order valence-electron chi connectivity index (χ0n) is 11.8. The van der Waals surface area contributed by atoms with Gasteiger partial charge in [-0.25, -0.2) is 4.79 Å². The molecule has 0 spiro atoms. The highest BCUT2D eigenvalue weighted by Gasteiger charge is 2.53. The lowest BCUT2D eigenvalue weighted by Gasteiger charge is -2.46. The van der Waals surface area contributed by atoms with Crippen LogP contribution in [0.15, 0.2) is 12.2 Å². The van der Waals surface area contributed by atoms with Crippen molar-refractivity contribution in [3.8, 4) is 0 Å². The second-order valence-electron chi connectivity index (χ2n) is 6.80. The van der Waals surface area contributed by atoms with Crippen molar-refractivity contribution in [3.63, 3.8) is 0 Å². The van der Waals surface area contributed by atoms with Gasteiger partial charge in [0.25, 0.3) is 0 Å². The van der Waals surface area contributed by atoms with Crippen LogP contribution < -0.4 is 0 Å². The monoisotopic (exact) mass is 263 g/mol. The summed E-state index contributed by atoms with van der Waals surface area (Å²) >= 11 is 0. The average molecular weight is 263 g/mol. The summed E-state index contributed by atoms with van der Waals surface area (Å²) in [4.78, 5) is 26.5. The zero-order chi connectivity index (χ0) is 13.8. The van der Waals surface area contributed by atoms with Gasteiger partial charge < -0.3 is 4.74 Å². The minimum Gasteiger partial charge on any atom is -0.444 e. The lowest BCUT2D eigenvalue weighted by molar-refractivity contribution is -0.137. The van der Waals surface area contributed by atoms with Gasteiger partial charge in [0.2, 0.25) is 0 Å². The molecule has 4 atom stereocenters. The number of Topliss-reactive ketones (excluding diaryl/α,β-unsaturated/α-hetero) is 1. The first kappa shape index (κ1) is 12.7. The molecule has 1 saturated heterocycles. The number of ketones is 1. The van der Waals surface area contributed by atoms with Gasteiger partial charge in [-0.15, -0.1) is 0 Å². The highest BCUT2D eigenvalue weighted by molar-refractivity contribution is 5.90. The van der Waals surface area contributed by atoms with Crippen LogP contribution in [-0.2, 0) is 9.53 Å². The molecule has 0 N–H and O–H groups in total. The Labute approximate surface area is 113 Å². The summed E-state index contributed by atoms with van der Waals surface area (Å²) in [6, 6.07) is -0.159. The Morgan fingerprint density at radius 2 is 1.74 bits per heavy atom. The van der Waals surface area contributed by atoms with Crippen molar-refractivity contribution in [2.24, 2.45) is 11.8 Å². The third kappa shape index (κ3) is 1.97. The van der Waals surface area contributed by atoms with Crippen LogP contribution in [0.4, 0.5) is 4.79 Å². The van der Waals surface area contributed by atoms with Gasteiger partial charge in [0.1, 0.15) is 11.4 Å². The number of amides is 1. The number of nitrogens with zero attached hydrogens (tertiary/aromatic N) is 1. The van der Waals surface area contributed by atoms with Crippen LogP contribution in [0.5, 0.6) is 0 Å². The maximum absolute atomic E-state index is 12.4. The van der Waals surface area contributed by atoms with E-state index in [-0.39, 0.29) is 30.0 Å². The molecule has 2 fully saturated rings. The van der Waals surface area contributed by atoms with Gasteiger partial charge in [-0.05, 0) is 33.6 Å². The molecular weight excluding hydrogens is 242 g/mol. The van der Waals surface area contributed by atoms with E-state index in [9.17, 15) is 9.59 Å². The van der Waals surface area contributed by atoms with E-state index in [4.69, 9.17) is 4.74 Å². The summed E-state index contributed by atoms with van der Waals surface area (Å²) in [6.45, 7) is 5.61. The highest BCUT2D eigenvalue weighted by atomic mass is 16.6. The number of carbonyl (C=O) groups excluding carboxylic acids is 2. The fraction of sp³-hybridized carbons (Fsp3) is 0.733. The fourth-order valence-corrected chi connectivity index (χ4v) is 3.62. The third-order valence-electron chi connectivity index (χ3n) is 4.34. The van der Waals surface area contributed by atoms with E-state index in [1.54, 1.807) is 4.90 Å². The molecule has 4 nitrogen and oxygen atoms in total. The highest BCUT2D eigenvalue weighted by Crippen LogP contribution is 2.44. The van der Waals surface area contributed by atoms with Gasteiger partial charge in [-0.1, -0.05) is 18.6 Å². The number of fused-ring (bicyclic) bond motifs is 6. The van der Waals surface area contributed by atoms with E-state index >= 15 is 0 Å². The predicted molar refractivity (Wildman–Crippen MR) is 70.6 cm³/mol. The summed E-state index contributed by atoms with van der Waals surface area (Å²) in [5.74, 6) is 0.327. The molecule has 2 heterocycles. The molecule has 0 aromatic carbocycles. The first-order valence-electron chi connectivity index (χ1n) is 7.12. The van der Waals surface area contributed by atoms with Crippen LogP contribution in [-0.4, -0.2) is 34.5 Å². The van der Waals surface area contributed by atoms with Crippen molar-refractivity contribution < 1.29 is 14.3 Å². The van der Waals surface area contributed by atoms with Crippen LogP contribution in [0, 0.1) is 11.8 Å². The van der Waals surface area contributed by atoms with E-state index in [0.29, 0.717) is 5.78 Å². The molecular formula is C15H21NO3. The van der Waals surface area contributed by atoms with Crippen molar-refractivity contribution in [1.82, 2.24) is 4.90 Å². The second kappa shape index (κ2) is 4.09. The smallest absolute Gasteiger partial charge is 0.411 e. The normalized spacial score (nSPS) is 36.6. The van der Waals surface area contributed by atoms with Gasteiger partial charge in [0, 0.05) is 11.8 Å². The molecule has 3 rings (SSSR count).